The van der Waals surface area contributed by atoms with E-state index >= 15 is 0 Å². The van der Waals surface area contributed by atoms with E-state index in [0.29, 0.717) is 43.2 Å². The molecule has 1 aliphatic rings. The zero-order valence-corrected chi connectivity index (χ0v) is 16.9. The van der Waals surface area contributed by atoms with Crippen molar-refractivity contribution >= 4 is 21.6 Å². The summed E-state index contributed by atoms with van der Waals surface area (Å²) >= 11 is 0. The highest BCUT2D eigenvalue weighted by Crippen LogP contribution is 2.27. The molecule has 0 spiro atoms. The molecule has 1 aromatic carbocycles. The highest BCUT2D eigenvalue weighted by molar-refractivity contribution is 7.89. The Bertz CT molecular complexity index is 953. The van der Waals surface area contributed by atoms with Gasteiger partial charge in [0.2, 0.25) is 10.0 Å². The topological polar surface area (TPSA) is 91.5 Å². The first-order valence-electron chi connectivity index (χ1n) is 8.87. The predicted molar refractivity (Wildman–Crippen MR) is 104 cm³/mol. The van der Waals surface area contributed by atoms with Gasteiger partial charge in [0.05, 0.1) is 13.2 Å². The Hall–Kier alpha value is -2.16. The van der Waals surface area contributed by atoms with Gasteiger partial charge in [-0.3, -0.25) is 4.79 Å². The van der Waals surface area contributed by atoms with E-state index in [1.807, 2.05) is 32.0 Å². The van der Waals surface area contributed by atoms with Crippen molar-refractivity contribution in [3.63, 3.8) is 0 Å². The van der Waals surface area contributed by atoms with Gasteiger partial charge in [0.15, 0.2) is 0 Å². The lowest BCUT2D eigenvalue weighted by molar-refractivity contribution is 0.0730. The van der Waals surface area contributed by atoms with Gasteiger partial charge in [0, 0.05) is 24.5 Å². The third-order valence-corrected chi connectivity index (χ3v) is 6.82. The molecule has 7 nitrogen and oxygen atoms in total. The van der Waals surface area contributed by atoms with E-state index in [-0.39, 0.29) is 16.5 Å². The minimum absolute atomic E-state index is 0.176. The van der Waals surface area contributed by atoms with Crippen LogP contribution in [0.1, 0.15) is 32.9 Å². The first-order chi connectivity index (χ1) is 12.7. The number of aromatic nitrogens is 1. The van der Waals surface area contributed by atoms with Gasteiger partial charge in [-0.05, 0) is 56.5 Å². The van der Waals surface area contributed by atoms with E-state index in [1.54, 1.807) is 13.8 Å². The predicted octanol–water partition coefficient (Wildman–Crippen LogP) is 2.52. The van der Waals surface area contributed by atoms with Crippen LogP contribution < -0.4 is 5.32 Å². The summed E-state index contributed by atoms with van der Waals surface area (Å²) in [4.78, 5) is 15.9. The first kappa shape index (κ1) is 19.6. The van der Waals surface area contributed by atoms with Crippen LogP contribution in [0.3, 0.4) is 0 Å². The highest BCUT2D eigenvalue weighted by Gasteiger charge is 2.32. The highest BCUT2D eigenvalue weighted by atomic mass is 32.2. The van der Waals surface area contributed by atoms with Gasteiger partial charge in [-0.15, -0.1) is 0 Å². The fraction of sp³-hybridized carbons (Fsp3) is 0.421. The van der Waals surface area contributed by atoms with Crippen LogP contribution in [0.25, 0.3) is 0 Å². The third kappa shape index (κ3) is 3.92. The summed E-state index contributed by atoms with van der Waals surface area (Å²) < 4.78 is 32.7. The van der Waals surface area contributed by atoms with E-state index in [2.05, 4.69) is 10.3 Å². The largest absolute Gasteiger partial charge is 0.379 e. The smallest absolute Gasteiger partial charge is 0.272 e. The molecule has 0 atom stereocenters. The van der Waals surface area contributed by atoms with Crippen molar-refractivity contribution in [1.29, 1.82) is 0 Å². The summed E-state index contributed by atoms with van der Waals surface area (Å²) in [6.07, 6.45) is 0. The molecule has 0 aliphatic carbocycles. The van der Waals surface area contributed by atoms with Crippen molar-refractivity contribution in [2.75, 3.05) is 31.6 Å². The quantitative estimate of drug-likeness (QED) is 0.838. The van der Waals surface area contributed by atoms with E-state index in [1.165, 1.54) is 4.31 Å². The lowest BCUT2D eigenvalue weighted by Crippen LogP contribution is -2.40. The van der Waals surface area contributed by atoms with Gasteiger partial charge in [0.1, 0.15) is 10.6 Å². The van der Waals surface area contributed by atoms with Gasteiger partial charge in [-0.25, -0.2) is 8.42 Å². The first-order valence-corrected chi connectivity index (χ1v) is 10.3. The fourth-order valence-corrected chi connectivity index (χ4v) is 5.32. The number of hydrogen-bond donors (Lipinski definition) is 2. The summed E-state index contributed by atoms with van der Waals surface area (Å²) in [6, 6.07) is 5.77. The van der Waals surface area contributed by atoms with Crippen molar-refractivity contribution in [1.82, 2.24) is 9.29 Å². The van der Waals surface area contributed by atoms with Gasteiger partial charge in [-0.1, -0.05) is 6.07 Å². The van der Waals surface area contributed by atoms with Gasteiger partial charge < -0.3 is 15.0 Å². The van der Waals surface area contributed by atoms with Crippen LogP contribution >= 0.6 is 0 Å². The zero-order chi connectivity index (χ0) is 19.8. The summed E-state index contributed by atoms with van der Waals surface area (Å²) in [6.45, 7) is 8.64. The van der Waals surface area contributed by atoms with E-state index in [9.17, 15) is 13.2 Å². The summed E-state index contributed by atoms with van der Waals surface area (Å²) in [5, 5.41) is 2.85. The van der Waals surface area contributed by atoms with Crippen LogP contribution in [0.5, 0.6) is 0 Å². The number of carbonyl (C=O) groups is 1. The van der Waals surface area contributed by atoms with Crippen LogP contribution in [0, 0.1) is 27.7 Å². The van der Waals surface area contributed by atoms with Crippen molar-refractivity contribution in [3.8, 4) is 0 Å². The lowest BCUT2D eigenvalue weighted by atomic mass is 10.1. The number of aryl methyl sites for hydroxylation is 3. The number of hydrogen-bond acceptors (Lipinski definition) is 4. The molecule has 146 valence electrons. The Morgan fingerprint density at radius 3 is 2.26 bits per heavy atom. The molecule has 8 heteroatoms. The van der Waals surface area contributed by atoms with Crippen LogP contribution in [0.4, 0.5) is 5.69 Å². The molecule has 0 saturated carbocycles. The molecule has 3 rings (SSSR count). The normalized spacial score (nSPS) is 15.7. The number of aromatic amines is 1. The van der Waals surface area contributed by atoms with Crippen LogP contribution in [-0.2, 0) is 14.8 Å². The molecule has 0 unspecified atom stereocenters. The average Bonchev–Trinajstić information content (AvgIpc) is 2.90. The number of nitrogens with zero attached hydrogens (tertiary/aromatic N) is 1. The molecular weight excluding hydrogens is 366 g/mol. The van der Waals surface area contributed by atoms with E-state index in [0.717, 1.165) is 11.1 Å². The number of anilines is 1. The second-order valence-corrected chi connectivity index (χ2v) is 8.80. The molecule has 0 bridgehead atoms. The van der Waals surface area contributed by atoms with Crippen LogP contribution in [-0.4, -0.2) is 49.9 Å². The average molecular weight is 391 g/mol. The molecule has 1 aromatic heterocycles. The van der Waals surface area contributed by atoms with Crippen LogP contribution in [0.2, 0.25) is 0 Å². The van der Waals surface area contributed by atoms with Crippen molar-refractivity contribution in [2.45, 2.75) is 32.6 Å². The number of H-pyrrole nitrogens is 1. The molecule has 27 heavy (non-hydrogen) atoms. The van der Waals surface area contributed by atoms with Crippen molar-refractivity contribution in [3.05, 3.63) is 46.3 Å². The monoisotopic (exact) mass is 391 g/mol. The standard InChI is InChI=1S/C19H25N3O4S/c1-12-9-13(2)11-16(10-12)21-19(23)17-14(3)18(15(4)20-17)27(24,25)22-5-7-26-8-6-22/h9-11,20H,5-8H2,1-4H3,(H,21,23). The maximum absolute atomic E-state index is 13.0. The minimum atomic E-state index is -3.68. The number of carbonyl (C=O) groups excluding carboxylic acids is 1. The second kappa shape index (κ2) is 7.46. The lowest BCUT2D eigenvalue weighted by Gasteiger charge is -2.26. The Morgan fingerprint density at radius 2 is 1.67 bits per heavy atom. The molecule has 1 fully saturated rings. The summed E-state index contributed by atoms with van der Waals surface area (Å²) in [5.74, 6) is -0.357. The maximum atomic E-state index is 13.0. The number of rotatable bonds is 4. The summed E-state index contributed by atoms with van der Waals surface area (Å²) in [7, 11) is -3.68. The molecule has 1 aliphatic heterocycles. The van der Waals surface area contributed by atoms with E-state index < -0.39 is 10.0 Å². The van der Waals surface area contributed by atoms with Crippen molar-refractivity contribution in [2.24, 2.45) is 0 Å². The third-order valence-electron chi connectivity index (χ3n) is 4.64. The molecule has 2 aromatic rings. The molecule has 2 heterocycles. The zero-order valence-electron chi connectivity index (χ0n) is 16.0. The maximum Gasteiger partial charge on any atom is 0.272 e. The number of morpholine rings is 1. The number of sulfonamides is 1. The summed E-state index contributed by atoms with van der Waals surface area (Å²) in [5.41, 5.74) is 3.92. The number of benzene rings is 1. The number of amides is 1. The SMILES string of the molecule is Cc1cc(C)cc(NC(=O)c2[nH]c(C)c(S(=O)(=O)N3CCOCC3)c2C)c1. The number of ether oxygens (including phenoxy) is 1. The van der Waals surface area contributed by atoms with Crippen molar-refractivity contribution < 1.29 is 17.9 Å². The Kier molecular flexibility index (Phi) is 5.41. The van der Waals surface area contributed by atoms with Gasteiger partial charge >= 0.3 is 0 Å². The Morgan fingerprint density at radius 1 is 1.07 bits per heavy atom. The Balaban J connectivity index is 1.92. The second-order valence-electron chi connectivity index (χ2n) is 6.93. The van der Waals surface area contributed by atoms with Crippen LogP contribution in [0.15, 0.2) is 23.1 Å². The molecule has 0 radical (unpaired) electrons. The molecule has 2 N–H and O–H groups in total. The number of nitrogens with one attached hydrogen (secondary N) is 2. The molecular formula is C19H25N3O4S. The van der Waals surface area contributed by atoms with E-state index in [4.69, 9.17) is 4.74 Å². The Labute approximate surface area is 159 Å². The van der Waals surface area contributed by atoms with Gasteiger partial charge in [0.25, 0.3) is 5.91 Å². The fourth-order valence-electron chi connectivity index (χ4n) is 3.50. The molecule has 1 amide bonds. The molecule has 1 saturated heterocycles. The minimum Gasteiger partial charge on any atom is -0.379 e. The van der Waals surface area contributed by atoms with Gasteiger partial charge in [-0.2, -0.15) is 4.31 Å².